The van der Waals surface area contributed by atoms with Crippen molar-refractivity contribution in [3.05, 3.63) is 95.1 Å². The summed E-state index contributed by atoms with van der Waals surface area (Å²) in [4.78, 5) is 30.0. The number of amides is 1. The molecule has 1 fully saturated rings. The average Bonchev–Trinajstić information content (AvgIpc) is 3.76. The summed E-state index contributed by atoms with van der Waals surface area (Å²) in [5.74, 6) is -0.490. The molecule has 3 aromatic carbocycles. The van der Waals surface area contributed by atoms with E-state index in [9.17, 15) is 13.6 Å². The van der Waals surface area contributed by atoms with Gasteiger partial charge in [0.25, 0.3) is 5.91 Å². The number of methoxy groups -OCH3 is 1. The molecule has 1 aliphatic carbocycles. The van der Waals surface area contributed by atoms with Gasteiger partial charge in [0, 0.05) is 42.2 Å². The quantitative estimate of drug-likeness (QED) is 0.135. The zero-order valence-electron chi connectivity index (χ0n) is 26.2. The van der Waals surface area contributed by atoms with Gasteiger partial charge in [0.05, 0.1) is 28.4 Å². The summed E-state index contributed by atoms with van der Waals surface area (Å²) >= 11 is 1.57. The maximum Gasteiger partial charge on any atom is 0.261 e. The molecule has 5 aromatic rings. The smallest absolute Gasteiger partial charge is 0.261 e. The number of thiazole rings is 1. The second-order valence-corrected chi connectivity index (χ2v) is 12.6. The minimum absolute atomic E-state index is 0.381. The van der Waals surface area contributed by atoms with E-state index >= 15 is 0 Å². The van der Waals surface area contributed by atoms with Crippen LogP contribution in [0.15, 0.2) is 72.9 Å². The van der Waals surface area contributed by atoms with Gasteiger partial charge < -0.3 is 25.0 Å². The Morgan fingerprint density at radius 1 is 0.979 bits per heavy atom. The molecule has 1 amide bonds. The van der Waals surface area contributed by atoms with Crippen LogP contribution in [-0.4, -0.2) is 60.1 Å². The van der Waals surface area contributed by atoms with E-state index in [1.54, 1.807) is 42.8 Å². The van der Waals surface area contributed by atoms with Crippen molar-refractivity contribution in [2.75, 3.05) is 45.0 Å². The first-order chi connectivity index (χ1) is 22.8. The summed E-state index contributed by atoms with van der Waals surface area (Å²) in [6.07, 6.45) is 4.93. The Bertz CT molecular complexity index is 1880. The molecule has 2 heterocycles. The van der Waals surface area contributed by atoms with Gasteiger partial charge in [0.15, 0.2) is 11.5 Å². The first-order valence-corrected chi connectivity index (χ1v) is 16.0. The molecule has 9 nitrogen and oxygen atoms in total. The van der Waals surface area contributed by atoms with Crippen molar-refractivity contribution in [1.82, 2.24) is 19.9 Å². The summed E-state index contributed by atoms with van der Waals surface area (Å²) < 4.78 is 40.0. The van der Waals surface area contributed by atoms with Crippen LogP contribution in [-0.2, 0) is 6.42 Å². The molecular weight excluding hydrogens is 622 g/mol. The lowest BCUT2D eigenvalue weighted by molar-refractivity contribution is 0.101. The predicted octanol–water partition coefficient (Wildman–Crippen LogP) is 7.44. The van der Waals surface area contributed by atoms with Crippen molar-refractivity contribution in [2.24, 2.45) is 5.92 Å². The molecule has 1 saturated carbocycles. The number of likely N-dealkylation sites (N-methyl/N-ethyl adjacent to an activating group) is 1. The van der Waals surface area contributed by atoms with Crippen molar-refractivity contribution in [3.63, 3.8) is 0 Å². The highest BCUT2D eigenvalue weighted by Gasteiger charge is 2.25. The fourth-order valence-corrected chi connectivity index (χ4v) is 6.09. The molecule has 0 bridgehead atoms. The largest absolute Gasteiger partial charge is 0.493 e. The van der Waals surface area contributed by atoms with E-state index in [1.807, 2.05) is 49.3 Å². The third kappa shape index (κ3) is 7.90. The zero-order chi connectivity index (χ0) is 32.9. The number of ether oxygens (including phenoxy) is 2. The first kappa shape index (κ1) is 32.0. The van der Waals surface area contributed by atoms with Crippen LogP contribution in [0.4, 0.5) is 26.1 Å². The van der Waals surface area contributed by atoms with E-state index in [-0.39, 0.29) is 0 Å². The summed E-state index contributed by atoms with van der Waals surface area (Å²) in [5.41, 5.74) is 2.58. The number of carbonyl (C=O) groups is 1. The molecule has 47 heavy (non-hydrogen) atoms. The lowest BCUT2D eigenvalue weighted by Gasteiger charge is -2.15. The van der Waals surface area contributed by atoms with Crippen LogP contribution in [0, 0.1) is 17.6 Å². The van der Waals surface area contributed by atoms with Gasteiger partial charge in [-0.2, -0.15) is 0 Å². The highest BCUT2D eigenvalue weighted by molar-refractivity contribution is 7.15. The fourth-order valence-electron chi connectivity index (χ4n) is 4.92. The van der Waals surface area contributed by atoms with Crippen LogP contribution < -0.4 is 20.1 Å². The van der Waals surface area contributed by atoms with Gasteiger partial charge in [-0.1, -0.05) is 18.2 Å². The lowest BCUT2D eigenvalue weighted by Crippen LogP contribution is -2.19. The van der Waals surface area contributed by atoms with Crippen molar-refractivity contribution >= 4 is 34.6 Å². The van der Waals surface area contributed by atoms with Gasteiger partial charge in [-0.3, -0.25) is 4.79 Å². The Hall–Kier alpha value is -4.94. The van der Waals surface area contributed by atoms with E-state index < -0.39 is 23.1 Å². The third-order valence-electron chi connectivity index (χ3n) is 7.52. The van der Waals surface area contributed by atoms with Crippen LogP contribution in [0.5, 0.6) is 11.5 Å². The molecule has 0 aliphatic heterocycles. The highest BCUT2D eigenvalue weighted by atomic mass is 32.1. The molecule has 242 valence electrons. The van der Waals surface area contributed by atoms with Crippen molar-refractivity contribution in [2.45, 2.75) is 19.3 Å². The minimum atomic E-state index is -0.930. The molecule has 0 spiro atoms. The molecule has 0 atom stereocenters. The van der Waals surface area contributed by atoms with Crippen molar-refractivity contribution in [3.8, 4) is 33.3 Å². The molecular formula is C35H34F2N6O3S. The van der Waals surface area contributed by atoms with E-state index in [4.69, 9.17) is 19.4 Å². The summed E-state index contributed by atoms with van der Waals surface area (Å²) in [5, 5.41) is 6.89. The normalized spacial score (nSPS) is 12.6. The van der Waals surface area contributed by atoms with E-state index in [0.29, 0.717) is 47.0 Å². The zero-order valence-corrected chi connectivity index (χ0v) is 27.0. The number of hydrogen-bond donors (Lipinski definition) is 2. The first-order valence-electron chi connectivity index (χ1n) is 15.2. The van der Waals surface area contributed by atoms with Crippen LogP contribution in [0.1, 0.15) is 28.2 Å². The van der Waals surface area contributed by atoms with Gasteiger partial charge in [-0.15, -0.1) is 11.3 Å². The minimum Gasteiger partial charge on any atom is -0.493 e. The maximum absolute atomic E-state index is 14.3. The maximum atomic E-state index is 14.3. The highest BCUT2D eigenvalue weighted by Crippen LogP contribution is 2.41. The Morgan fingerprint density at radius 3 is 2.51 bits per heavy atom. The molecule has 2 aromatic heterocycles. The Kier molecular flexibility index (Phi) is 9.69. The van der Waals surface area contributed by atoms with Crippen molar-refractivity contribution in [1.29, 1.82) is 0 Å². The van der Waals surface area contributed by atoms with Crippen LogP contribution >= 0.6 is 11.3 Å². The fraction of sp³-hybridized carbons (Fsp3) is 0.257. The summed E-state index contributed by atoms with van der Waals surface area (Å²) in [7, 11) is 5.57. The second-order valence-electron chi connectivity index (χ2n) is 11.5. The van der Waals surface area contributed by atoms with Gasteiger partial charge in [0.2, 0.25) is 5.95 Å². The average molecular weight is 657 g/mol. The topological polar surface area (TPSA) is 102 Å². The third-order valence-corrected chi connectivity index (χ3v) is 8.62. The van der Waals surface area contributed by atoms with Gasteiger partial charge in [-0.25, -0.2) is 23.7 Å². The number of carbonyl (C=O) groups excluding carboxylic acids is 1. The molecule has 12 heteroatoms. The lowest BCUT2D eigenvalue weighted by atomic mass is 10.1. The van der Waals surface area contributed by atoms with Crippen LogP contribution in [0.2, 0.25) is 0 Å². The Morgan fingerprint density at radius 2 is 1.77 bits per heavy atom. The van der Waals surface area contributed by atoms with Gasteiger partial charge in [0.1, 0.15) is 23.8 Å². The number of aromatic nitrogens is 3. The number of rotatable bonds is 13. The summed E-state index contributed by atoms with van der Waals surface area (Å²) in [6, 6.07) is 17.8. The number of anilines is 3. The van der Waals surface area contributed by atoms with Crippen LogP contribution in [0.25, 0.3) is 21.8 Å². The number of nitrogens with zero attached hydrogens (tertiary/aromatic N) is 4. The Balaban J connectivity index is 1.28. The molecule has 2 N–H and O–H groups in total. The Labute approximate surface area is 275 Å². The molecule has 1 aliphatic rings. The molecule has 0 saturated heterocycles. The van der Waals surface area contributed by atoms with Gasteiger partial charge in [-0.05, 0) is 75.3 Å². The molecule has 0 radical (unpaired) electrons. The molecule has 0 unspecified atom stereocenters. The second kappa shape index (κ2) is 14.2. The summed E-state index contributed by atoms with van der Waals surface area (Å²) in [6.45, 7) is 1.26. The van der Waals surface area contributed by atoms with E-state index in [2.05, 4.69) is 15.6 Å². The number of benzene rings is 3. The number of halogens is 2. The van der Waals surface area contributed by atoms with E-state index in [1.165, 1.54) is 18.9 Å². The van der Waals surface area contributed by atoms with Crippen LogP contribution in [0.3, 0.4) is 0 Å². The SMILES string of the molecule is COc1ccc(Nc2nccc(-c3sc(CC4CC4)nc3-c3cccc(NC(=O)c4c(F)cccc4F)c3)n2)cc1OCCN(C)C. The van der Waals surface area contributed by atoms with Gasteiger partial charge >= 0.3 is 0 Å². The monoisotopic (exact) mass is 656 g/mol. The number of nitrogens with one attached hydrogen (secondary N) is 2. The number of hydrogen-bond acceptors (Lipinski definition) is 9. The van der Waals surface area contributed by atoms with Crippen molar-refractivity contribution < 1.29 is 23.0 Å². The molecule has 6 rings (SSSR count). The van der Waals surface area contributed by atoms with E-state index in [0.717, 1.165) is 46.2 Å². The standard InChI is InChI=1S/C35H34F2N6O3S/c1-43(2)16-17-46-29-20-24(12-13-28(29)45-3)40-35-38-15-14-27(41-35)33-32(42-30(47-33)18-21-10-11-21)22-6-4-7-23(19-22)39-34(44)31-25(36)8-5-9-26(31)37/h4-9,12-15,19-21H,10-11,16-18H2,1-3H3,(H,39,44)(H,38,40,41). The predicted molar refractivity (Wildman–Crippen MR) is 180 cm³/mol.